The molecule has 92 valence electrons. The van der Waals surface area contributed by atoms with Crippen LogP contribution in [-0.4, -0.2) is 35.7 Å². The van der Waals surface area contributed by atoms with E-state index in [0.717, 1.165) is 0 Å². The van der Waals surface area contributed by atoms with E-state index in [2.05, 4.69) is 11.9 Å². The Kier molecular flexibility index (Phi) is 5.16. The number of aliphatic hydroxyl groups excluding tert-OH is 1. The first-order valence-corrected chi connectivity index (χ1v) is 5.21. The van der Waals surface area contributed by atoms with Crippen LogP contribution in [0.25, 0.3) is 0 Å². The molecule has 0 radical (unpaired) electrons. The van der Waals surface area contributed by atoms with Gasteiger partial charge in [-0.15, -0.1) is 6.58 Å². The largest absolute Gasteiger partial charge is 0.395 e. The third-order valence-electron chi connectivity index (χ3n) is 2.12. The molecule has 0 unspecified atom stereocenters. The predicted octanol–water partition coefficient (Wildman–Crippen LogP) is 1.84. The van der Waals surface area contributed by atoms with Crippen LogP contribution in [0.5, 0.6) is 0 Å². The molecule has 1 aromatic carbocycles. The van der Waals surface area contributed by atoms with Gasteiger partial charge in [0.05, 0.1) is 12.3 Å². The summed E-state index contributed by atoms with van der Waals surface area (Å²) in [5, 5.41) is 11.2. The van der Waals surface area contributed by atoms with Crippen molar-refractivity contribution >= 4 is 11.7 Å². The van der Waals surface area contributed by atoms with Crippen molar-refractivity contribution in [3.8, 4) is 0 Å². The Morgan fingerprint density at radius 3 is 2.82 bits per heavy atom. The number of carbonyl (C=O) groups is 1. The quantitative estimate of drug-likeness (QED) is 0.769. The second-order valence-corrected chi connectivity index (χ2v) is 3.37. The number of anilines is 1. The average Bonchev–Trinajstić information content (AvgIpc) is 2.32. The van der Waals surface area contributed by atoms with Gasteiger partial charge in [-0.05, 0) is 12.1 Å². The van der Waals surface area contributed by atoms with Crippen molar-refractivity contribution in [2.24, 2.45) is 0 Å². The lowest BCUT2D eigenvalue weighted by Crippen LogP contribution is -2.37. The third-order valence-corrected chi connectivity index (χ3v) is 2.12. The normalized spacial score (nSPS) is 9.76. The zero-order chi connectivity index (χ0) is 12.7. The van der Waals surface area contributed by atoms with E-state index in [-0.39, 0.29) is 18.8 Å². The second-order valence-electron chi connectivity index (χ2n) is 3.37. The Balaban J connectivity index is 2.69. The first kappa shape index (κ1) is 13.2. The Morgan fingerprint density at radius 1 is 1.53 bits per heavy atom. The van der Waals surface area contributed by atoms with Crippen LogP contribution in [0, 0.1) is 5.82 Å². The summed E-state index contributed by atoms with van der Waals surface area (Å²) < 4.78 is 13.3. The van der Waals surface area contributed by atoms with Gasteiger partial charge in [0, 0.05) is 13.1 Å². The highest BCUT2D eigenvalue weighted by Crippen LogP contribution is 2.12. The van der Waals surface area contributed by atoms with Crippen LogP contribution in [0.3, 0.4) is 0 Å². The maximum atomic E-state index is 13.3. The molecule has 0 spiro atoms. The lowest BCUT2D eigenvalue weighted by molar-refractivity contribution is 0.195. The number of nitrogens with zero attached hydrogens (tertiary/aromatic N) is 1. The molecular weight excluding hydrogens is 223 g/mol. The minimum Gasteiger partial charge on any atom is -0.395 e. The van der Waals surface area contributed by atoms with E-state index in [4.69, 9.17) is 5.11 Å². The predicted molar refractivity (Wildman–Crippen MR) is 64.3 cm³/mol. The van der Waals surface area contributed by atoms with Gasteiger partial charge in [0.25, 0.3) is 0 Å². The van der Waals surface area contributed by atoms with Crippen LogP contribution in [0.15, 0.2) is 36.9 Å². The minimum absolute atomic E-state index is 0.115. The first-order chi connectivity index (χ1) is 8.19. The van der Waals surface area contributed by atoms with E-state index in [9.17, 15) is 9.18 Å². The summed E-state index contributed by atoms with van der Waals surface area (Å²) in [6, 6.07) is 5.43. The Morgan fingerprint density at radius 2 is 2.24 bits per heavy atom. The maximum Gasteiger partial charge on any atom is 0.322 e. The molecule has 0 aliphatic rings. The smallest absolute Gasteiger partial charge is 0.322 e. The molecule has 0 saturated carbocycles. The van der Waals surface area contributed by atoms with E-state index in [0.29, 0.717) is 6.54 Å². The summed E-state index contributed by atoms with van der Waals surface area (Å²) in [6.45, 7) is 3.82. The highest BCUT2D eigenvalue weighted by Gasteiger charge is 2.12. The van der Waals surface area contributed by atoms with Crippen LogP contribution in [0.4, 0.5) is 14.9 Å². The zero-order valence-electron chi connectivity index (χ0n) is 9.40. The number of nitrogens with one attached hydrogen (secondary N) is 1. The molecule has 1 aromatic rings. The molecule has 0 bridgehead atoms. The highest BCUT2D eigenvalue weighted by molar-refractivity contribution is 5.89. The molecular formula is C12H15FN2O2. The summed E-state index contributed by atoms with van der Waals surface area (Å²) in [5.74, 6) is -0.497. The van der Waals surface area contributed by atoms with Gasteiger partial charge in [-0.25, -0.2) is 9.18 Å². The molecule has 0 atom stereocenters. The van der Waals surface area contributed by atoms with Gasteiger partial charge in [-0.3, -0.25) is 0 Å². The molecule has 0 aromatic heterocycles. The fraction of sp³-hybridized carbons (Fsp3) is 0.250. The van der Waals surface area contributed by atoms with Gasteiger partial charge >= 0.3 is 6.03 Å². The van der Waals surface area contributed by atoms with Crippen LogP contribution in [0.2, 0.25) is 0 Å². The minimum atomic E-state index is -0.497. The molecule has 2 amide bonds. The van der Waals surface area contributed by atoms with E-state index in [1.54, 1.807) is 12.1 Å². The number of halogens is 1. The zero-order valence-corrected chi connectivity index (χ0v) is 9.40. The number of hydrogen-bond acceptors (Lipinski definition) is 2. The SMILES string of the molecule is C=CCN(CCO)C(=O)Nc1ccccc1F. The van der Waals surface area contributed by atoms with E-state index in [1.807, 2.05) is 0 Å². The standard InChI is InChI=1S/C12H15FN2O2/c1-2-7-15(8-9-16)12(17)14-11-6-4-3-5-10(11)13/h2-6,16H,1,7-9H2,(H,14,17). The molecule has 0 aliphatic carbocycles. The Labute approximate surface area is 99.4 Å². The average molecular weight is 238 g/mol. The fourth-order valence-electron chi connectivity index (χ4n) is 1.31. The van der Waals surface area contributed by atoms with E-state index in [1.165, 1.54) is 23.1 Å². The van der Waals surface area contributed by atoms with Crippen molar-refractivity contribution in [2.75, 3.05) is 25.0 Å². The second kappa shape index (κ2) is 6.65. The molecule has 0 saturated heterocycles. The molecule has 17 heavy (non-hydrogen) atoms. The molecule has 0 heterocycles. The number of aliphatic hydroxyl groups is 1. The summed E-state index contributed by atoms with van der Waals surface area (Å²) in [6.07, 6.45) is 1.54. The Hall–Kier alpha value is -1.88. The highest BCUT2D eigenvalue weighted by atomic mass is 19.1. The lowest BCUT2D eigenvalue weighted by Gasteiger charge is -2.20. The van der Waals surface area contributed by atoms with Gasteiger partial charge in [0.1, 0.15) is 5.82 Å². The lowest BCUT2D eigenvalue weighted by atomic mass is 10.3. The monoisotopic (exact) mass is 238 g/mol. The van der Waals surface area contributed by atoms with Crippen LogP contribution >= 0.6 is 0 Å². The van der Waals surface area contributed by atoms with Crippen LogP contribution < -0.4 is 5.32 Å². The van der Waals surface area contributed by atoms with Crippen LogP contribution in [-0.2, 0) is 0 Å². The van der Waals surface area contributed by atoms with E-state index >= 15 is 0 Å². The number of para-hydroxylation sites is 1. The molecule has 5 heteroatoms. The Bertz CT molecular complexity index is 396. The molecule has 4 nitrogen and oxygen atoms in total. The van der Waals surface area contributed by atoms with Gasteiger partial charge in [0.15, 0.2) is 0 Å². The van der Waals surface area contributed by atoms with Crippen molar-refractivity contribution in [3.63, 3.8) is 0 Å². The molecule has 0 fully saturated rings. The maximum absolute atomic E-state index is 13.3. The van der Waals surface area contributed by atoms with Crippen molar-refractivity contribution in [2.45, 2.75) is 0 Å². The van der Waals surface area contributed by atoms with Gasteiger partial charge in [-0.2, -0.15) is 0 Å². The van der Waals surface area contributed by atoms with Gasteiger partial charge in [-0.1, -0.05) is 18.2 Å². The van der Waals surface area contributed by atoms with Gasteiger partial charge < -0.3 is 15.3 Å². The fourth-order valence-corrected chi connectivity index (χ4v) is 1.31. The number of benzene rings is 1. The number of rotatable bonds is 5. The molecule has 1 rings (SSSR count). The third kappa shape index (κ3) is 3.88. The van der Waals surface area contributed by atoms with Gasteiger partial charge in [0.2, 0.25) is 0 Å². The summed E-state index contributed by atoms with van der Waals surface area (Å²) in [5.41, 5.74) is 0.115. The van der Waals surface area contributed by atoms with Crippen LogP contribution in [0.1, 0.15) is 0 Å². The topological polar surface area (TPSA) is 52.6 Å². The number of carbonyl (C=O) groups excluding carboxylic acids is 1. The number of urea groups is 1. The summed E-state index contributed by atoms with van der Waals surface area (Å²) >= 11 is 0. The summed E-state index contributed by atoms with van der Waals surface area (Å²) in [4.78, 5) is 13.1. The molecule has 2 N–H and O–H groups in total. The van der Waals surface area contributed by atoms with E-state index < -0.39 is 11.8 Å². The van der Waals surface area contributed by atoms with Crippen molar-refractivity contribution < 1.29 is 14.3 Å². The number of hydrogen-bond donors (Lipinski definition) is 2. The summed E-state index contributed by atoms with van der Waals surface area (Å²) in [7, 11) is 0. The first-order valence-electron chi connectivity index (χ1n) is 5.21. The van der Waals surface area contributed by atoms with Crippen molar-refractivity contribution in [1.29, 1.82) is 0 Å². The van der Waals surface area contributed by atoms with Crippen molar-refractivity contribution in [3.05, 3.63) is 42.7 Å². The van der Waals surface area contributed by atoms with Crippen molar-refractivity contribution in [1.82, 2.24) is 4.90 Å². The molecule has 0 aliphatic heterocycles. The number of amides is 2.